The van der Waals surface area contributed by atoms with Gasteiger partial charge in [-0.1, -0.05) is 115 Å². The van der Waals surface area contributed by atoms with Crippen molar-refractivity contribution in [1.82, 2.24) is 9.97 Å². The number of rotatable bonds is 4. The van der Waals surface area contributed by atoms with Gasteiger partial charge in [0.05, 0.1) is 5.69 Å². The number of fused-ring (bicyclic) bond motifs is 3. The normalized spacial score (nSPS) is 11.3. The van der Waals surface area contributed by atoms with Crippen LogP contribution in [0.1, 0.15) is 0 Å². The minimum atomic E-state index is 0.924. The fourth-order valence-corrected chi connectivity index (χ4v) is 6.20. The maximum Gasteiger partial charge on any atom is 0.0717 e. The van der Waals surface area contributed by atoms with E-state index in [2.05, 4.69) is 131 Å². The van der Waals surface area contributed by atoms with Gasteiger partial charge in [0.15, 0.2) is 0 Å². The Hall–Kier alpha value is -5.60. The third kappa shape index (κ3) is 4.13. The molecule has 2 aromatic heterocycles. The standard InChI is InChI=1S/C40H26N2/c1-2-10-30-23-31(21-18-27(30)9-1)40-36-13-5-3-11-34(36)39(35-12-4-6-14-37(35)40)29-19-16-28(17-20-29)32-24-33(26-41-25-32)38-15-7-8-22-42-38/h1-26H. The Labute approximate surface area is 244 Å². The summed E-state index contributed by atoms with van der Waals surface area (Å²) in [5, 5.41) is 7.55. The van der Waals surface area contributed by atoms with Crippen molar-refractivity contribution in [3.8, 4) is 44.6 Å². The molecule has 0 saturated carbocycles. The number of nitrogens with zero attached hydrogens (tertiary/aromatic N) is 2. The molecule has 0 radical (unpaired) electrons. The fourth-order valence-electron chi connectivity index (χ4n) is 6.20. The summed E-state index contributed by atoms with van der Waals surface area (Å²) in [6, 6.07) is 50.0. The van der Waals surface area contributed by atoms with Gasteiger partial charge >= 0.3 is 0 Å². The van der Waals surface area contributed by atoms with Gasteiger partial charge in [0.2, 0.25) is 0 Å². The SMILES string of the molecule is c1ccc(-c2cncc(-c3ccc(-c4c5ccccc5c(-c5ccc6ccccc6c5)c5ccccc45)cc3)c2)nc1. The van der Waals surface area contributed by atoms with Crippen LogP contribution in [0.15, 0.2) is 158 Å². The summed E-state index contributed by atoms with van der Waals surface area (Å²) in [6.45, 7) is 0. The Balaban J connectivity index is 1.29. The van der Waals surface area contributed by atoms with E-state index in [0.29, 0.717) is 0 Å². The van der Waals surface area contributed by atoms with Crippen LogP contribution in [0.2, 0.25) is 0 Å². The summed E-state index contributed by atoms with van der Waals surface area (Å²) in [4.78, 5) is 9.02. The second kappa shape index (κ2) is 10.1. The van der Waals surface area contributed by atoms with Gasteiger partial charge in [-0.3, -0.25) is 9.97 Å². The van der Waals surface area contributed by atoms with Crippen molar-refractivity contribution in [2.45, 2.75) is 0 Å². The van der Waals surface area contributed by atoms with E-state index in [1.165, 1.54) is 54.6 Å². The molecule has 0 aliphatic rings. The number of hydrogen-bond acceptors (Lipinski definition) is 2. The van der Waals surface area contributed by atoms with Crippen LogP contribution in [0, 0.1) is 0 Å². The van der Waals surface area contributed by atoms with Gasteiger partial charge in [0.25, 0.3) is 0 Å². The van der Waals surface area contributed by atoms with Gasteiger partial charge in [-0.2, -0.15) is 0 Å². The highest BCUT2D eigenvalue weighted by atomic mass is 14.7. The summed E-state index contributed by atoms with van der Waals surface area (Å²) in [5.41, 5.74) is 9.12. The Morgan fingerprint density at radius 3 is 1.57 bits per heavy atom. The van der Waals surface area contributed by atoms with Crippen molar-refractivity contribution in [3.63, 3.8) is 0 Å². The topological polar surface area (TPSA) is 25.8 Å². The second-order valence-electron chi connectivity index (χ2n) is 10.7. The molecular weight excluding hydrogens is 508 g/mol. The van der Waals surface area contributed by atoms with Gasteiger partial charge in [0.1, 0.15) is 0 Å². The van der Waals surface area contributed by atoms with Crippen LogP contribution < -0.4 is 0 Å². The van der Waals surface area contributed by atoms with Crippen LogP contribution in [0.4, 0.5) is 0 Å². The lowest BCUT2D eigenvalue weighted by Crippen LogP contribution is -1.91. The lowest BCUT2D eigenvalue weighted by molar-refractivity contribution is 1.28. The monoisotopic (exact) mass is 534 g/mol. The zero-order valence-corrected chi connectivity index (χ0v) is 22.9. The molecule has 0 amide bonds. The predicted molar refractivity (Wildman–Crippen MR) is 176 cm³/mol. The molecule has 0 spiro atoms. The molecule has 2 heterocycles. The molecule has 6 aromatic carbocycles. The first-order chi connectivity index (χ1) is 20.8. The Morgan fingerprint density at radius 1 is 0.357 bits per heavy atom. The molecule has 0 atom stereocenters. The van der Waals surface area contributed by atoms with Crippen LogP contribution in [0.3, 0.4) is 0 Å². The van der Waals surface area contributed by atoms with Gasteiger partial charge in [-0.15, -0.1) is 0 Å². The number of hydrogen-bond donors (Lipinski definition) is 0. The summed E-state index contributed by atoms with van der Waals surface area (Å²) in [7, 11) is 0. The second-order valence-corrected chi connectivity index (χ2v) is 10.7. The van der Waals surface area contributed by atoms with Crippen LogP contribution in [-0.2, 0) is 0 Å². The Kier molecular flexibility index (Phi) is 5.82. The molecule has 8 aromatic rings. The molecule has 0 unspecified atom stereocenters. The quantitative estimate of drug-likeness (QED) is 0.210. The van der Waals surface area contributed by atoms with E-state index in [4.69, 9.17) is 0 Å². The first kappa shape index (κ1) is 24.2. The highest BCUT2D eigenvalue weighted by Gasteiger charge is 2.17. The molecule has 2 heteroatoms. The van der Waals surface area contributed by atoms with Crippen molar-refractivity contribution in [2.75, 3.05) is 0 Å². The Bertz CT molecular complexity index is 2180. The van der Waals surface area contributed by atoms with E-state index in [-0.39, 0.29) is 0 Å². The zero-order valence-electron chi connectivity index (χ0n) is 22.9. The summed E-state index contributed by atoms with van der Waals surface area (Å²) >= 11 is 0. The molecule has 0 saturated heterocycles. The summed E-state index contributed by atoms with van der Waals surface area (Å²) in [6.07, 6.45) is 5.61. The smallest absolute Gasteiger partial charge is 0.0717 e. The van der Waals surface area contributed by atoms with Crippen LogP contribution in [0.5, 0.6) is 0 Å². The lowest BCUT2D eigenvalue weighted by Gasteiger charge is -2.18. The highest BCUT2D eigenvalue weighted by molar-refractivity contribution is 6.21. The molecule has 0 aliphatic heterocycles. The molecule has 196 valence electrons. The molecular formula is C40H26N2. The van der Waals surface area contributed by atoms with E-state index >= 15 is 0 Å². The van der Waals surface area contributed by atoms with Gasteiger partial charge in [-0.05, 0) is 84.4 Å². The van der Waals surface area contributed by atoms with Crippen molar-refractivity contribution in [2.24, 2.45) is 0 Å². The van der Waals surface area contributed by atoms with Gasteiger partial charge < -0.3 is 0 Å². The van der Waals surface area contributed by atoms with E-state index in [1.54, 1.807) is 0 Å². The van der Waals surface area contributed by atoms with Crippen molar-refractivity contribution in [3.05, 3.63) is 158 Å². The van der Waals surface area contributed by atoms with Crippen LogP contribution in [-0.4, -0.2) is 9.97 Å². The highest BCUT2D eigenvalue weighted by Crippen LogP contribution is 2.44. The third-order valence-corrected chi connectivity index (χ3v) is 8.18. The van der Waals surface area contributed by atoms with E-state index < -0.39 is 0 Å². The first-order valence-electron chi connectivity index (χ1n) is 14.2. The Morgan fingerprint density at radius 2 is 0.905 bits per heavy atom. The molecule has 8 rings (SSSR count). The van der Waals surface area contributed by atoms with E-state index in [0.717, 1.165) is 22.4 Å². The van der Waals surface area contributed by atoms with Gasteiger partial charge in [-0.25, -0.2) is 0 Å². The number of pyridine rings is 2. The minimum Gasteiger partial charge on any atom is -0.263 e. The maximum absolute atomic E-state index is 4.52. The molecule has 0 N–H and O–H groups in total. The lowest BCUT2D eigenvalue weighted by atomic mass is 9.85. The van der Waals surface area contributed by atoms with E-state index in [1.807, 2.05) is 36.8 Å². The summed E-state index contributed by atoms with van der Waals surface area (Å²) in [5.74, 6) is 0. The van der Waals surface area contributed by atoms with Crippen LogP contribution in [0.25, 0.3) is 77.0 Å². The van der Waals surface area contributed by atoms with Crippen LogP contribution >= 0.6 is 0 Å². The maximum atomic E-state index is 4.52. The van der Waals surface area contributed by atoms with Gasteiger partial charge in [0, 0.05) is 29.7 Å². The largest absolute Gasteiger partial charge is 0.263 e. The third-order valence-electron chi connectivity index (χ3n) is 8.18. The average molecular weight is 535 g/mol. The fraction of sp³-hybridized carbons (Fsp3) is 0. The first-order valence-corrected chi connectivity index (χ1v) is 14.2. The molecule has 2 nitrogen and oxygen atoms in total. The summed E-state index contributed by atoms with van der Waals surface area (Å²) < 4.78 is 0. The van der Waals surface area contributed by atoms with Crippen molar-refractivity contribution in [1.29, 1.82) is 0 Å². The van der Waals surface area contributed by atoms with Crippen molar-refractivity contribution >= 4 is 32.3 Å². The molecule has 0 bridgehead atoms. The molecule has 0 fully saturated rings. The van der Waals surface area contributed by atoms with Crippen molar-refractivity contribution < 1.29 is 0 Å². The molecule has 42 heavy (non-hydrogen) atoms. The predicted octanol–water partition coefficient (Wildman–Crippen LogP) is 10.6. The zero-order chi connectivity index (χ0) is 27.9. The number of benzene rings is 6. The average Bonchev–Trinajstić information content (AvgIpc) is 3.07. The number of aromatic nitrogens is 2. The molecule has 0 aliphatic carbocycles. The minimum absolute atomic E-state index is 0.924. The van der Waals surface area contributed by atoms with E-state index in [9.17, 15) is 0 Å².